The minimum Gasteiger partial charge on any atom is -0.497 e. The molecule has 0 bridgehead atoms. The second-order valence-electron chi connectivity index (χ2n) is 5.66. The first-order chi connectivity index (χ1) is 13.1. The van der Waals surface area contributed by atoms with Crippen LogP contribution in [0, 0.1) is 0 Å². The van der Waals surface area contributed by atoms with E-state index < -0.39 is 5.97 Å². The Morgan fingerprint density at radius 2 is 1.33 bits per heavy atom. The molecule has 0 aliphatic carbocycles. The molecule has 0 fully saturated rings. The van der Waals surface area contributed by atoms with E-state index in [4.69, 9.17) is 14.2 Å². The Hall–Kier alpha value is -3.60. The van der Waals surface area contributed by atoms with Gasteiger partial charge in [-0.15, -0.1) is 0 Å². The number of methoxy groups -OCH3 is 2. The highest BCUT2D eigenvalue weighted by atomic mass is 16.6. The van der Waals surface area contributed by atoms with Crippen molar-refractivity contribution < 1.29 is 23.8 Å². The van der Waals surface area contributed by atoms with Crippen molar-refractivity contribution in [1.82, 2.24) is 0 Å². The summed E-state index contributed by atoms with van der Waals surface area (Å²) in [5.41, 5.74) is 1.01. The zero-order valence-corrected chi connectivity index (χ0v) is 15.0. The molecule has 0 saturated heterocycles. The summed E-state index contributed by atoms with van der Waals surface area (Å²) in [6.45, 7) is 0. The van der Waals surface area contributed by atoms with Crippen molar-refractivity contribution in [2.75, 3.05) is 14.2 Å². The van der Waals surface area contributed by atoms with Crippen molar-refractivity contribution in [3.05, 3.63) is 89.5 Å². The number of carbonyl (C=O) groups excluding carboxylic acids is 2. The smallest absolute Gasteiger partial charge is 0.343 e. The lowest BCUT2D eigenvalue weighted by atomic mass is 10.0. The second kappa shape index (κ2) is 8.19. The van der Waals surface area contributed by atoms with Crippen LogP contribution in [0.4, 0.5) is 0 Å². The highest BCUT2D eigenvalue weighted by Crippen LogP contribution is 2.37. The molecule has 27 heavy (non-hydrogen) atoms. The number of ketones is 1. The van der Waals surface area contributed by atoms with E-state index in [1.807, 2.05) is 6.07 Å². The van der Waals surface area contributed by atoms with Gasteiger partial charge in [0.15, 0.2) is 17.3 Å². The van der Waals surface area contributed by atoms with E-state index in [2.05, 4.69) is 0 Å². The molecule has 0 aromatic heterocycles. The maximum atomic E-state index is 13.0. The molecule has 136 valence electrons. The van der Waals surface area contributed by atoms with Gasteiger partial charge in [0.25, 0.3) is 0 Å². The first-order valence-corrected chi connectivity index (χ1v) is 8.27. The van der Waals surface area contributed by atoms with Gasteiger partial charge in [0.2, 0.25) is 0 Å². The van der Waals surface area contributed by atoms with E-state index in [0.29, 0.717) is 16.9 Å². The fourth-order valence-electron chi connectivity index (χ4n) is 2.59. The van der Waals surface area contributed by atoms with Crippen LogP contribution in [0.2, 0.25) is 0 Å². The van der Waals surface area contributed by atoms with Gasteiger partial charge in [-0.1, -0.05) is 48.5 Å². The predicted octanol–water partition coefficient (Wildman–Crippen LogP) is 4.15. The third-order valence-electron chi connectivity index (χ3n) is 3.97. The van der Waals surface area contributed by atoms with Crippen LogP contribution >= 0.6 is 0 Å². The molecule has 5 heteroatoms. The van der Waals surface area contributed by atoms with Crippen molar-refractivity contribution in [2.24, 2.45) is 0 Å². The summed E-state index contributed by atoms with van der Waals surface area (Å²) in [4.78, 5) is 25.5. The van der Waals surface area contributed by atoms with Crippen LogP contribution in [0.25, 0.3) is 0 Å². The zero-order valence-electron chi connectivity index (χ0n) is 15.0. The first-order valence-electron chi connectivity index (χ1n) is 8.27. The predicted molar refractivity (Wildman–Crippen MR) is 101 cm³/mol. The van der Waals surface area contributed by atoms with Crippen molar-refractivity contribution in [3.8, 4) is 17.2 Å². The highest BCUT2D eigenvalue weighted by Gasteiger charge is 2.23. The monoisotopic (exact) mass is 362 g/mol. The van der Waals surface area contributed by atoms with E-state index in [1.54, 1.807) is 60.7 Å². The molecule has 3 rings (SSSR count). The number of rotatable bonds is 6. The van der Waals surface area contributed by atoms with Gasteiger partial charge in [-0.05, 0) is 18.2 Å². The molecule has 0 radical (unpaired) electrons. The number of hydrogen-bond donors (Lipinski definition) is 0. The second-order valence-corrected chi connectivity index (χ2v) is 5.66. The summed E-state index contributed by atoms with van der Waals surface area (Å²) in [5.74, 6) is -0.172. The van der Waals surface area contributed by atoms with Crippen molar-refractivity contribution in [2.45, 2.75) is 0 Å². The standard InChI is InChI=1S/C22H18O5/c1-25-17-13-18(20(23)15-9-5-3-6-10-15)21(19(14-17)26-2)27-22(24)16-11-7-4-8-12-16/h3-14H,1-2H3. The van der Waals surface area contributed by atoms with E-state index in [0.717, 1.165) is 0 Å². The van der Waals surface area contributed by atoms with E-state index >= 15 is 0 Å². The van der Waals surface area contributed by atoms with Crippen LogP contribution in [0.15, 0.2) is 72.8 Å². The van der Waals surface area contributed by atoms with Crippen molar-refractivity contribution in [1.29, 1.82) is 0 Å². The summed E-state index contributed by atoms with van der Waals surface area (Å²) >= 11 is 0. The lowest BCUT2D eigenvalue weighted by molar-refractivity contribution is 0.0727. The van der Waals surface area contributed by atoms with E-state index in [9.17, 15) is 9.59 Å². The normalized spacial score (nSPS) is 10.1. The molecule has 0 aliphatic heterocycles. The topological polar surface area (TPSA) is 61.8 Å². The molecule has 0 unspecified atom stereocenters. The van der Waals surface area contributed by atoms with Crippen molar-refractivity contribution in [3.63, 3.8) is 0 Å². The van der Waals surface area contributed by atoms with Gasteiger partial charge in [0.05, 0.1) is 25.3 Å². The third-order valence-corrected chi connectivity index (χ3v) is 3.97. The SMILES string of the molecule is COc1cc(OC)c(OC(=O)c2ccccc2)c(C(=O)c2ccccc2)c1. The Labute approximate surface area is 157 Å². The van der Waals surface area contributed by atoms with E-state index in [-0.39, 0.29) is 22.8 Å². The average Bonchev–Trinajstić information content (AvgIpc) is 2.74. The molecule has 0 N–H and O–H groups in total. The minimum absolute atomic E-state index is 0.0565. The van der Waals surface area contributed by atoms with Gasteiger partial charge >= 0.3 is 5.97 Å². The number of esters is 1. The molecule has 0 spiro atoms. The molecule has 3 aromatic carbocycles. The number of carbonyl (C=O) groups is 2. The van der Waals surface area contributed by atoms with Crippen LogP contribution in [0.1, 0.15) is 26.3 Å². The number of ether oxygens (including phenoxy) is 3. The molecule has 0 amide bonds. The molecule has 3 aromatic rings. The van der Waals surface area contributed by atoms with Crippen molar-refractivity contribution >= 4 is 11.8 Å². The number of hydrogen-bond acceptors (Lipinski definition) is 5. The summed E-state index contributed by atoms with van der Waals surface area (Å²) in [6.07, 6.45) is 0. The van der Waals surface area contributed by atoms with Crippen LogP contribution < -0.4 is 14.2 Å². The Morgan fingerprint density at radius 1 is 0.741 bits per heavy atom. The van der Waals surface area contributed by atoms with Crippen LogP contribution in [-0.2, 0) is 0 Å². The quantitative estimate of drug-likeness (QED) is 0.374. The molecule has 0 atom stereocenters. The summed E-state index contributed by atoms with van der Waals surface area (Å²) in [7, 11) is 2.92. The lowest BCUT2D eigenvalue weighted by Crippen LogP contribution is -2.13. The zero-order chi connectivity index (χ0) is 19.2. The molecular formula is C22H18O5. The Bertz CT molecular complexity index is 949. The van der Waals surface area contributed by atoms with E-state index in [1.165, 1.54) is 20.3 Å². The largest absolute Gasteiger partial charge is 0.497 e. The highest BCUT2D eigenvalue weighted by molar-refractivity contribution is 6.12. The average molecular weight is 362 g/mol. The Morgan fingerprint density at radius 3 is 1.89 bits per heavy atom. The fourth-order valence-corrected chi connectivity index (χ4v) is 2.59. The Balaban J connectivity index is 2.08. The molecule has 0 saturated carbocycles. The molecular weight excluding hydrogens is 344 g/mol. The van der Waals surface area contributed by atoms with Gasteiger partial charge in [-0.2, -0.15) is 0 Å². The third kappa shape index (κ3) is 3.98. The maximum absolute atomic E-state index is 13.0. The van der Waals surface area contributed by atoms with Crippen LogP contribution in [0.5, 0.6) is 17.2 Å². The van der Waals surface area contributed by atoms with Gasteiger partial charge in [0.1, 0.15) is 5.75 Å². The Kier molecular flexibility index (Phi) is 5.52. The van der Waals surface area contributed by atoms with Gasteiger partial charge < -0.3 is 14.2 Å². The molecule has 5 nitrogen and oxygen atoms in total. The van der Waals surface area contributed by atoms with Gasteiger partial charge in [0, 0.05) is 11.6 Å². The maximum Gasteiger partial charge on any atom is 0.343 e. The summed E-state index contributed by atoms with van der Waals surface area (Å²) < 4.78 is 16.2. The van der Waals surface area contributed by atoms with Gasteiger partial charge in [-0.25, -0.2) is 4.79 Å². The summed E-state index contributed by atoms with van der Waals surface area (Å²) in [5, 5.41) is 0. The first kappa shape index (κ1) is 18.2. The fraction of sp³-hybridized carbons (Fsp3) is 0.0909. The van der Waals surface area contributed by atoms with Crippen LogP contribution in [0.3, 0.4) is 0 Å². The van der Waals surface area contributed by atoms with Gasteiger partial charge in [-0.3, -0.25) is 4.79 Å². The number of benzene rings is 3. The van der Waals surface area contributed by atoms with Crippen LogP contribution in [-0.4, -0.2) is 26.0 Å². The lowest BCUT2D eigenvalue weighted by Gasteiger charge is -2.15. The molecule has 0 heterocycles. The minimum atomic E-state index is -0.582. The molecule has 0 aliphatic rings. The summed E-state index contributed by atoms with van der Waals surface area (Å²) in [6, 6.07) is 20.4.